The number of hydrogen-bond acceptors (Lipinski definition) is 3. The highest BCUT2D eigenvalue weighted by Gasteiger charge is 2.15. The second-order valence-electron chi connectivity index (χ2n) is 4.88. The Labute approximate surface area is 120 Å². The van der Waals surface area contributed by atoms with Crippen molar-refractivity contribution in [2.45, 2.75) is 19.8 Å². The molecule has 2 N–H and O–H groups in total. The molecule has 0 unspecified atom stereocenters. The molecule has 0 spiro atoms. The van der Waals surface area contributed by atoms with Gasteiger partial charge in [0.1, 0.15) is 11.3 Å². The first kappa shape index (κ1) is 12.9. The lowest BCUT2D eigenvalue weighted by Gasteiger charge is -2.05. The van der Waals surface area contributed by atoms with Crippen LogP contribution in [-0.2, 0) is 0 Å². The molecule has 0 fully saturated rings. The summed E-state index contributed by atoms with van der Waals surface area (Å²) >= 11 is 6.15. The zero-order valence-corrected chi connectivity index (χ0v) is 11.8. The van der Waals surface area contributed by atoms with E-state index in [-0.39, 0.29) is 11.5 Å². The lowest BCUT2D eigenvalue weighted by molar-refractivity contribution is 0.815. The van der Waals surface area contributed by atoms with Gasteiger partial charge in [0.25, 0.3) is 5.56 Å². The largest absolute Gasteiger partial charge is 0.305 e. The summed E-state index contributed by atoms with van der Waals surface area (Å²) in [6.07, 6.45) is 0. The summed E-state index contributed by atoms with van der Waals surface area (Å²) in [5.41, 5.74) is 2.19. The number of H-pyrrole nitrogens is 2. The van der Waals surface area contributed by atoms with Gasteiger partial charge in [0.15, 0.2) is 5.52 Å². The molecule has 0 aliphatic rings. The van der Waals surface area contributed by atoms with Gasteiger partial charge in [-0.1, -0.05) is 37.6 Å². The monoisotopic (exact) mass is 288 g/mol. The number of aromatic nitrogens is 4. The fraction of sp³-hybridized carbons (Fsp3) is 0.214. The maximum Gasteiger partial charge on any atom is 0.279 e. The quantitative estimate of drug-likeness (QED) is 0.761. The third-order valence-corrected chi connectivity index (χ3v) is 3.47. The van der Waals surface area contributed by atoms with Crippen molar-refractivity contribution in [3.63, 3.8) is 0 Å². The Morgan fingerprint density at radius 2 is 1.95 bits per heavy atom. The highest BCUT2D eigenvalue weighted by Crippen LogP contribution is 2.26. The summed E-state index contributed by atoms with van der Waals surface area (Å²) in [5, 5.41) is 7.46. The number of fused-ring (bicyclic) bond motifs is 1. The van der Waals surface area contributed by atoms with Gasteiger partial charge in [0.2, 0.25) is 0 Å². The van der Waals surface area contributed by atoms with Gasteiger partial charge < -0.3 is 4.98 Å². The van der Waals surface area contributed by atoms with E-state index in [9.17, 15) is 4.79 Å². The normalized spacial score (nSPS) is 11.4. The molecule has 0 bridgehead atoms. The zero-order valence-electron chi connectivity index (χ0n) is 11.1. The third-order valence-electron chi connectivity index (χ3n) is 3.14. The van der Waals surface area contributed by atoms with E-state index in [2.05, 4.69) is 20.2 Å². The first-order valence-corrected chi connectivity index (χ1v) is 6.69. The molecule has 1 aromatic carbocycles. The van der Waals surface area contributed by atoms with Crippen molar-refractivity contribution in [2.24, 2.45) is 0 Å². The average Bonchev–Trinajstić information content (AvgIpc) is 2.83. The first-order chi connectivity index (χ1) is 9.58. The van der Waals surface area contributed by atoms with Crippen LogP contribution >= 0.6 is 11.6 Å². The first-order valence-electron chi connectivity index (χ1n) is 6.31. The number of nitrogens with one attached hydrogen (secondary N) is 2. The maximum absolute atomic E-state index is 12.1. The van der Waals surface area contributed by atoms with Crippen LogP contribution < -0.4 is 5.56 Å². The molecule has 0 saturated heterocycles. The second kappa shape index (κ2) is 4.76. The standard InChI is InChI=1S/C14H13ClN4O/c1-7(2)10-11-12(19-18-10)14(20)17-13(16-11)8-5-3-4-6-9(8)15/h3-7H,1-2H3,(H,18,19)(H,16,17,20). The van der Waals surface area contributed by atoms with Crippen LogP contribution in [0.2, 0.25) is 5.02 Å². The topological polar surface area (TPSA) is 74.4 Å². The second-order valence-corrected chi connectivity index (χ2v) is 5.29. The molecule has 0 radical (unpaired) electrons. The van der Waals surface area contributed by atoms with Crippen molar-refractivity contribution < 1.29 is 0 Å². The van der Waals surface area contributed by atoms with Crippen LogP contribution in [0.1, 0.15) is 25.5 Å². The Balaban J connectivity index is 2.31. The number of benzene rings is 1. The smallest absolute Gasteiger partial charge is 0.279 e. The number of halogens is 1. The van der Waals surface area contributed by atoms with E-state index in [1.807, 2.05) is 32.0 Å². The predicted octanol–water partition coefficient (Wildman–Crippen LogP) is 3.09. The number of nitrogens with zero attached hydrogens (tertiary/aromatic N) is 2. The molecule has 0 amide bonds. The molecule has 2 heterocycles. The molecule has 102 valence electrons. The van der Waals surface area contributed by atoms with Crippen LogP contribution in [0.3, 0.4) is 0 Å². The van der Waals surface area contributed by atoms with Crippen molar-refractivity contribution in [3.05, 3.63) is 45.3 Å². The van der Waals surface area contributed by atoms with Crippen molar-refractivity contribution in [1.29, 1.82) is 0 Å². The number of rotatable bonds is 2. The van der Waals surface area contributed by atoms with E-state index in [0.29, 0.717) is 27.4 Å². The van der Waals surface area contributed by atoms with E-state index in [0.717, 1.165) is 5.69 Å². The van der Waals surface area contributed by atoms with Gasteiger partial charge in [0, 0.05) is 5.56 Å². The lowest BCUT2D eigenvalue weighted by Crippen LogP contribution is -2.09. The minimum atomic E-state index is -0.270. The van der Waals surface area contributed by atoms with Gasteiger partial charge in [0.05, 0.1) is 10.7 Å². The Hall–Kier alpha value is -2.14. The SMILES string of the molecule is CC(C)c1[nH]nc2c(=O)[nH]c(-c3ccccc3Cl)nc12. The molecule has 6 heteroatoms. The van der Waals surface area contributed by atoms with Crippen molar-refractivity contribution in [1.82, 2.24) is 20.2 Å². The van der Waals surface area contributed by atoms with Crippen LogP contribution in [0.15, 0.2) is 29.1 Å². The van der Waals surface area contributed by atoms with Crippen LogP contribution in [-0.4, -0.2) is 20.2 Å². The Kier molecular flexibility index (Phi) is 3.06. The van der Waals surface area contributed by atoms with Crippen molar-refractivity contribution in [2.75, 3.05) is 0 Å². The van der Waals surface area contributed by atoms with E-state index in [1.54, 1.807) is 6.07 Å². The highest BCUT2D eigenvalue weighted by atomic mass is 35.5. The van der Waals surface area contributed by atoms with Crippen LogP contribution in [0.5, 0.6) is 0 Å². The molecule has 0 aliphatic heterocycles. The van der Waals surface area contributed by atoms with E-state index in [4.69, 9.17) is 11.6 Å². The van der Waals surface area contributed by atoms with Gasteiger partial charge in [-0.3, -0.25) is 9.89 Å². The molecule has 0 aliphatic carbocycles. The average molecular weight is 289 g/mol. The molecule has 0 atom stereocenters. The number of hydrogen-bond donors (Lipinski definition) is 2. The van der Waals surface area contributed by atoms with Crippen molar-refractivity contribution in [3.8, 4) is 11.4 Å². The van der Waals surface area contributed by atoms with Gasteiger partial charge in [-0.25, -0.2) is 4.98 Å². The van der Waals surface area contributed by atoms with Crippen LogP contribution in [0.4, 0.5) is 0 Å². The van der Waals surface area contributed by atoms with Crippen LogP contribution in [0, 0.1) is 0 Å². The molecule has 3 rings (SSSR count). The summed E-state index contributed by atoms with van der Waals surface area (Å²) < 4.78 is 0. The molecular formula is C14H13ClN4O. The summed E-state index contributed by atoms with van der Waals surface area (Å²) in [7, 11) is 0. The molecule has 0 saturated carbocycles. The minimum Gasteiger partial charge on any atom is -0.305 e. The number of aromatic amines is 2. The highest BCUT2D eigenvalue weighted by molar-refractivity contribution is 6.33. The summed E-state index contributed by atoms with van der Waals surface area (Å²) in [6, 6.07) is 7.27. The fourth-order valence-electron chi connectivity index (χ4n) is 2.11. The molecular weight excluding hydrogens is 276 g/mol. The summed E-state index contributed by atoms with van der Waals surface area (Å²) in [6.45, 7) is 4.04. The zero-order chi connectivity index (χ0) is 14.3. The predicted molar refractivity (Wildman–Crippen MR) is 79.0 cm³/mol. The van der Waals surface area contributed by atoms with Gasteiger partial charge in [-0.15, -0.1) is 0 Å². The van der Waals surface area contributed by atoms with E-state index in [1.165, 1.54) is 0 Å². The van der Waals surface area contributed by atoms with Gasteiger partial charge in [-0.2, -0.15) is 5.10 Å². The summed E-state index contributed by atoms with van der Waals surface area (Å²) in [5.74, 6) is 0.657. The van der Waals surface area contributed by atoms with E-state index < -0.39 is 0 Å². The molecule has 20 heavy (non-hydrogen) atoms. The fourth-order valence-corrected chi connectivity index (χ4v) is 2.34. The maximum atomic E-state index is 12.1. The Morgan fingerprint density at radius 1 is 1.20 bits per heavy atom. The van der Waals surface area contributed by atoms with E-state index >= 15 is 0 Å². The third kappa shape index (κ3) is 2.00. The Morgan fingerprint density at radius 3 is 2.65 bits per heavy atom. The van der Waals surface area contributed by atoms with Gasteiger partial charge in [-0.05, 0) is 18.1 Å². The molecule has 5 nitrogen and oxygen atoms in total. The van der Waals surface area contributed by atoms with Gasteiger partial charge >= 0.3 is 0 Å². The molecule has 2 aromatic heterocycles. The minimum absolute atomic E-state index is 0.202. The molecule has 3 aromatic rings. The van der Waals surface area contributed by atoms with Crippen molar-refractivity contribution >= 4 is 22.6 Å². The van der Waals surface area contributed by atoms with Crippen LogP contribution in [0.25, 0.3) is 22.4 Å². The summed E-state index contributed by atoms with van der Waals surface area (Å²) in [4.78, 5) is 19.3. The Bertz CT molecular complexity index is 835. The lowest BCUT2D eigenvalue weighted by atomic mass is 10.1.